The molecule has 1 aromatic heterocycles. The summed E-state index contributed by atoms with van der Waals surface area (Å²) in [7, 11) is 0. The van der Waals surface area contributed by atoms with Crippen molar-refractivity contribution in [3.05, 3.63) is 36.2 Å². The predicted octanol–water partition coefficient (Wildman–Crippen LogP) is 2.17. The van der Waals surface area contributed by atoms with Gasteiger partial charge in [0.2, 0.25) is 0 Å². The topological polar surface area (TPSA) is 57.0 Å². The van der Waals surface area contributed by atoms with Gasteiger partial charge in [0.05, 0.1) is 18.5 Å². The van der Waals surface area contributed by atoms with Crippen molar-refractivity contribution in [3.63, 3.8) is 0 Å². The number of benzene rings is 1. The highest BCUT2D eigenvalue weighted by Gasteiger charge is 2.12. The Morgan fingerprint density at radius 3 is 3.06 bits per heavy atom. The zero-order chi connectivity index (χ0) is 13.0. The van der Waals surface area contributed by atoms with Crippen molar-refractivity contribution in [1.82, 2.24) is 15.0 Å². The van der Waals surface area contributed by atoms with Crippen molar-refractivity contribution in [2.45, 2.75) is 11.8 Å². The highest BCUT2D eigenvalue weighted by atomic mass is 32.2. The molecule has 18 heavy (non-hydrogen) atoms. The number of ether oxygens (including phenoxy) is 1. The maximum absolute atomic E-state index is 11.5. The van der Waals surface area contributed by atoms with E-state index in [9.17, 15) is 4.79 Å². The first-order valence-electron chi connectivity index (χ1n) is 5.48. The fourth-order valence-corrected chi connectivity index (χ4v) is 1.89. The van der Waals surface area contributed by atoms with Crippen LogP contribution in [-0.4, -0.2) is 33.8 Å². The minimum Gasteiger partial charge on any atom is -0.461 e. The third kappa shape index (κ3) is 2.70. The van der Waals surface area contributed by atoms with Gasteiger partial charge in [-0.05, 0) is 31.4 Å². The van der Waals surface area contributed by atoms with Gasteiger partial charge in [0.15, 0.2) is 5.69 Å². The Hall–Kier alpha value is -1.82. The van der Waals surface area contributed by atoms with Crippen LogP contribution in [0.1, 0.15) is 17.4 Å². The summed E-state index contributed by atoms with van der Waals surface area (Å²) in [6, 6.07) is 7.84. The van der Waals surface area contributed by atoms with Crippen LogP contribution in [0.2, 0.25) is 0 Å². The van der Waals surface area contributed by atoms with Gasteiger partial charge < -0.3 is 4.74 Å². The second-order valence-electron chi connectivity index (χ2n) is 3.47. The second-order valence-corrected chi connectivity index (χ2v) is 4.35. The van der Waals surface area contributed by atoms with E-state index in [1.807, 2.05) is 30.5 Å². The molecule has 0 aliphatic heterocycles. The molecule has 0 aliphatic rings. The molecule has 94 valence electrons. The first kappa shape index (κ1) is 12.6. The quantitative estimate of drug-likeness (QED) is 0.625. The summed E-state index contributed by atoms with van der Waals surface area (Å²) < 4.78 is 6.42. The second kappa shape index (κ2) is 5.68. The molecule has 0 bridgehead atoms. The monoisotopic (exact) mass is 263 g/mol. The summed E-state index contributed by atoms with van der Waals surface area (Å²) in [5.41, 5.74) is 1.08. The van der Waals surface area contributed by atoms with E-state index >= 15 is 0 Å². The lowest BCUT2D eigenvalue weighted by Crippen LogP contribution is -2.04. The Bertz CT molecular complexity index is 554. The average Bonchev–Trinajstić information content (AvgIpc) is 2.89. The maximum Gasteiger partial charge on any atom is 0.360 e. The van der Waals surface area contributed by atoms with E-state index in [0.29, 0.717) is 6.61 Å². The number of rotatable bonds is 4. The van der Waals surface area contributed by atoms with E-state index in [-0.39, 0.29) is 5.69 Å². The molecule has 0 amide bonds. The van der Waals surface area contributed by atoms with E-state index in [1.54, 1.807) is 29.6 Å². The highest BCUT2D eigenvalue weighted by molar-refractivity contribution is 7.98. The molecule has 0 unspecified atom stereocenters. The van der Waals surface area contributed by atoms with Crippen LogP contribution in [0.25, 0.3) is 5.69 Å². The first-order valence-corrected chi connectivity index (χ1v) is 6.71. The lowest BCUT2D eigenvalue weighted by molar-refractivity contribution is 0.0519. The molecule has 1 heterocycles. The van der Waals surface area contributed by atoms with Gasteiger partial charge in [-0.15, -0.1) is 16.9 Å². The Balaban J connectivity index is 2.26. The van der Waals surface area contributed by atoms with Crippen molar-refractivity contribution in [2.24, 2.45) is 0 Å². The molecule has 2 rings (SSSR count). The largest absolute Gasteiger partial charge is 0.461 e. The first-order chi connectivity index (χ1) is 8.74. The molecule has 0 radical (unpaired) electrons. The summed E-state index contributed by atoms with van der Waals surface area (Å²) in [6.07, 6.45) is 3.57. The number of carbonyl (C=O) groups is 1. The number of hydrogen-bond acceptors (Lipinski definition) is 5. The summed E-state index contributed by atoms with van der Waals surface area (Å²) in [6.45, 7) is 2.08. The summed E-state index contributed by atoms with van der Waals surface area (Å²) >= 11 is 1.65. The van der Waals surface area contributed by atoms with E-state index in [0.717, 1.165) is 10.6 Å². The van der Waals surface area contributed by atoms with Crippen LogP contribution in [0.5, 0.6) is 0 Å². The number of aromatic nitrogens is 3. The maximum atomic E-state index is 11.5. The van der Waals surface area contributed by atoms with Crippen molar-refractivity contribution < 1.29 is 9.53 Å². The van der Waals surface area contributed by atoms with Gasteiger partial charge >= 0.3 is 5.97 Å². The van der Waals surface area contributed by atoms with Crippen LogP contribution in [0.4, 0.5) is 0 Å². The van der Waals surface area contributed by atoms with Crippen LogP contribution in [0, 0.1) is 0 Å². The standard InChI is InChI=1S/C12H13N3O2S/c1-3-17-12(16)11-8-15(14-13-11)9-5-4-6-10(7-9)18-2/h4-8H,3H2,1-2H3. The van der Waals surface area contributed by atoms with Crippen LogP contribution in [0.3, 0.4) is 0 Å². The number of thioether (sulfide) groups is 1. The fraction of sp³-hybridized carbons (Fsp3) is 0.250. The molecule has 0 aliphatic carbocycles. The molecule has 0 atom stereocenters. The van der Waals surface area contributed by atoms with Gasteiger partial charge in [0, 0.05) is 4.90 Å². The Morgan fingerprint density at radius 1 is 1.50 bits per heavy atom. The van der Waals surface area contributed by atoms with Gasteiger partial charge in [-0.1, -0.05) is 11.3 Å². The van der Waals surface area contributed by atoms with Gasteiger partial charge in [-0.2, -0.15) is 0 Å². The molecular formula is C12H13N3O2S. The van der Waals surface area contributed by atoms with Crippen molar-refractivity contribution in [1.29, 1.82) is 0 Å². The smallest absolute Gasteiger partial charge is 0.360 e. The number of nitrogens with zero attached hydrogens (tertiary/aromatic N) is 3. The molecule has 0 saturated heterocycles. The molecular weight excluding hydrogens is 250 g/mol. The highest BCUT2D eigenvalue weighted by Crippen LogP contribution is 2.18. The predicted molar refractivity (Wildman–Crippen MR) is 69.1 cm³/mol. The summed E-state index contributed by atoms with van der Waals surface area (Å²) in [4.78, 5) is 12.6. The zero-order valence-electron chi connectivity index (χ0n) is 10.2. The Kier molecular flexibility index (Phi) is 3.99. The molecule has 0 saturated carbocycles. The van der Waals surface area contributed by atoms with Crippen molar-refractivity contribution >= 4 is 17.7 Å². The lowest BCUT2D eigenvalue weighted by Gasteiger charge is -2.01. The van der Waals surface area contributed by atoms with Gasteiger partial charge in [-0.3, -0.25) is 0 Å². The van der Waals surface area contributed by atoms with E-state index in [2.05, 4.69) is 10.3 Å². The molecule has 0 N–H and O–H groups in total. The van der Waals surface area contributed by atoms with Gasteiger partial charge in [0.25, 0.3) is 0 Å². The fourth-order valence-electron chi connectivity index (χ4n) is 1.44. The van der Waals surface area contributed by atoms with E-state index in [4.69, 9.17) is 4.74 Å². The van der Waals surface area contributed by atoms with Gasteiger partial charge in [0.1, 0.15) is 0 Å². The van der Waals surface area contributed by atoms with Crippen LogP contribution in [0.15, 0.2) is 35.4 Å². The zero-order valence-corrected chi connectivity index (χ0v) is 11.0. The lowest BCUT2D eigenvalue weighted by atomic mass is 10.3. The third-order valence-electron chi connectivity index (χ3n) is 2.30. The molecule has 6 heteroatoms. The van der Waals surface area contributed by atoms with E-state index < -0.39 is 5.97 Å². The van der Waals surface area contributed by atoms with Crippen molar-refractivity contribution in [2.75, 3.05) is 12.9 Å². The molecule has 1 aromatic carbocycles. The Labute approximate surface area is 109 Å². The molecule has 5 nitrogen and oxygen atoms in total. The normalized spacial score (nSPS) is 10.3. The van der Waals surface area contributed by atoms with Crippen molar-refractivity contribution in [3.8, 4) is 5.69 Å². The summed E-state index contributed by atoms with van der Waals surface area (Å²) in [5, 5.41) is 7.72. The van der Waals surface area contributed by atoms with Gasteiger partial charge in [-0.25, -0.2) is 9.48 Å². The number of esters is 1. The third-order valence-corrected chi connectivity index (χ3v) is 3.02. The molecule has 0 fully saturated rings. The SMILES string of the molecule is CCOC(=O)c1cn(-c2cccc(SC)c2)nn1. The molecule has 2 aromatic rings. The minimum atomic E-state index is -0.454. The minimum absolute atomic E-state index is 0.214. The number of carbonyl (C=O) groups excluding carboxylic acids is 1. The van der Waals surface area contributed by atoms with Crippen LogP contribution < -0.4 is 0 Å². The number of hydrogen-bond donors (Lipinski definition) is 0. The van der Waals surface area contributed by atoms with Crippen LogP contribution >= 0.6 is 11.8 Å². The average molecular weight is 263 g/mol. The molecule has 0 spiro atoms. The van der Waals surface area contributed by atoms with Crippen LogP contribution in [-0.2, 0) is 4.74 Å². The Morgan fingerprint density at radius 2 is 2.33 bits per heavy atom. The van der Waals surface area contributed by atoms with E-state index in [1.165, 1.54) is 0 Å². The summed E-state index contributed by atoms with van der Waals surface area (Å²) in [5.74, 6) is -0.454.